The fourth-order valence-electron chi connectivity index (χ4n) is 6.41. The maximum atomic E-state index is 12.2. The lowest BCUT2D eigenvalue weighted by Gasteiger charge is -2.58. The number of Topliss-reactive ketones (excluding diaryl/α,β-unsaturated/α-hetero) is 1. The summed E-state index contributed by atoms with van der Waals surface area (Å²) in [5.74, 6) is 0.539. The van der Waals surface area contributed by atoms with Crippen LogP contribution in [0.25, 0.3) is 0 Å². The molecule has 27 heavy (non-hydrogen) atoms. The van der Waals surface area contributed by atoms with Gasteiger partial charge in [-0.15, -0.1) is 0 Å². The first-order chi connectivity index (χ1) is 12.8. The Hall–Kier alpha value is -1.52. The monoisotopic (exact) mass is 372 g/mol. The van der Waals surface area contributed by atoms with Crippen molar-refractivity contribution in [2.24, 2.45) is 28.6 Å². The average molecular weight is 373 g/mol. The van der Waals surface area contributed by atoms with Gasteiger partial charge in [-0.1, -0.05) is 45.4 Å². The van der Waals surface area contributed by atoms with E-state index in [9.17, 15) is 19.8 Å². The molecule has 2 saturated carbocycles. The van der Waals surface area contributed by atoms with Gasteiger partial charge in [0.05, 0.1) is 6.10 Å². The van der Waals surface area contributed by atoms with E-state index in [1.807, 2.05) is 26.0 Å². The minimum absolute atomic E-state index is 0.0411. The van der Waals surface area contributed by atoms with Crippen LogP contribution in [0.5, 0.6) is 0 Å². The van der Waals surface area contributed by atoms with Crippen molar-refractivity contribution >= 4 is 11.6 Å². The highest BCUT2D eigenvalue weighted by atomic mass is 16.3. The van der Waals surface area contributed by atoms with E-state index in [1.54, 1.807) is 12.2 Å². The number of rotatable bonds is 2. The van der Waals surface area contributed by atoms with Crippen LogP contribution in [0.3, 0.4) is 0 Å². The average Bonchev–Trinajstić information content (AvgIpc) is 2.99. The fourth-order valence-corrected chi connectivity index (χ4v) is 6.41. The molecule has 4 rings (SSSR count). The standard InChI is InChI=1S/C21H26O4.C2H6/c1-20-8-7-13(23)9-12(20)3-4-14-15-5-6-16(18(25)11-22)21(15,2)10-17(24)19(14)20;1-2/h6-9,14-15,17,19,22,24H,3-5,10-11H2,1-2H3;1-2H3. The molecule has 4 heteroatoms. The highest BCUT2D eigenvalue weighted by Gasteiger charge is 2.60. The Morgan fingerprint density at radius 2 is 2.00 bits per heavy atom. The van der Waals surface area contributed by atoms with Crippen molar-refractivity contribution in [3.8, 4) is 0 Å². The molecule has 0 amide bonds. The van der Waals surface area contributed by atoms with E-state index >= 15 is 0 Å². The molecule has 2 fully saturated rings. The molecule has 6 atom stereocenters. The van der Waals surface area contributed by atoms with E-state index in [-0.39, 0.29) is 28.3 Å². The van der Waals surface area contributed by atoms with Crippen LogP contribution in [0.4, 0.5) is 0 Å². The Morgan fingerprint density at radius 3 is 2.67 bits per heavy atom. The first-order valence-corrected chi connectivity index (χ1v) is 10.3. The van der Waals surface area contributed by atoms with E-state index in [0.29, 0.717) is 23.8 Å². The molecule has 4 aliphatic carbocycles. The van der Waals surface area contributed by atoms with Gasteiger partial charge >= 0.3 is 0 Å². The first kappa shape index (κ1) is 20.2. The van der Waals surface area contributed by atoms with E-state index in [0.717, 1.165) is 24.8 Å². The van der Waals surface area contributed by atoms with E-state index < -0.39 is 12.7 Å². The fraction of sp³-hybridized carbons (Fsp3) is 0.652. The minimum atomic E-state index is -0.522. The number of hydrogen-bond acceptors (Lipinski definition) is 4. The number of ketones is 2. The van der Waals surface area contributed by atoms with Crippen molar-refractivity contribution in [3.05, 3.63) is 35.5 Å². The van der Waals surface area contributed by atoms with Gasteiger partial charge in [-0.05, 0) is 55.2 Å². The molecule has 0 saturated heterocycles. The highest BCUT2D eigenvalue weighted by Crippen LogP contribution is 2.64. The summed E-state index contributed by atoms with van der Waals surface area (Å²) >= 11 is 0. The molecule has 0 aromatic heterocycles. The number of fused-ring (bicyclic) bond motifs is 5. The van der Waals surface area contributed by atoms with Gasteiger partial charge in [0.2, 0.25) is 0 Å². The molecular weight excluding hydrogens is 340 g/mol. The maximum Gasteiger partial charge on any atom is 0.184 e. The van der Waals surface area contributed by atoms with Gasteiger partial charge < -0.3 is 10.2 Å². The van der Waals surface area contributed by atoms with Gasteiger partial charge in [0.1, 0.15) is 6.61 Å². The van der Waals surface area contributed by atoms with Crippen LogP contribution in [-0.4, -0.2) is 34.5 Å². The second kappa shape index (κ2) is 7.14. The zero-order valence-corrected chi connectivity index (χ0v) is 16.9. The molecular formula is C23H32O4. The van der Waals surface area contributed by atoms with Crippen molar-refractivity contribution in [1.82, 2.24) is 0 Å². The molecule has 0 radical (unpaired) electrons. The minimum Gasteiger partial charge on any atom is -0.393 e. The summed E-state index contributed by atoms with van der Waals surface area (Å²) in [5, 5.41) is 20.4. The van der Waals surface area contributed by atoms with Crippen molar-refractivity contribution in [3.63, 3.8) is 0 Å². The van der Waals surface area contributed by atoms with Crippen LogP contribution in [0.2, 0.25) is 0 Å². The third-order valence-electron chi connectivity index (χ3n) is 7.52. The van der Waals surface area contributed by atoms with Crippen LogP contribution in [-0.2, 0) is 9.59 Å². The Labute approximate surface area is 162 Å². The molecule has 0 bridgehead atoms. The van der Waals surface area contributed by atoms with Gasteiger partial charge in [0.25, 0.3) is 0 Å². The van der Waals surface area contributed by atoms with E-state index in [2.05, 4.69) is 13.8 Å². The summed E-state index contributed by atoms with van der Waals surface area (Å²) in [5.41, 5.74) is 1.22. The molecule has 0 heterocycles. The number of allylic oxidation sites excluding steroid dienone is 5. The lowest BCUT2D eigenvalue weighted by molar-refractivity contribution is -0.124. The molecule has 4 nitrogen and oxygen atoms in total. The predicted octanol–water partition coefficient (Wildman–Crippen LogP) is 3.39. The van der Waals surface area contributed by atoms with Gasteiger partial charge in [0, 0.05) is 16.7 Å². The summed E-state index contributed by atoms with van der Waals surface area (Å²) in [6, 6.07) is 0. The second-order valence-electron chi connectivity index (χ2n) is 8.65. The Kier molecular flexibility index (Phi) is 5.35. The Bertz CT molecular complexity index is 731. The lowest BCUT2D eigenvalue weighted by Crippen LogP contribution is -2.55. The summed E-state index contributed by atoms with van der Waals surface area (Å²) < 4.78 is 0. The smallest absolute Gasteiger partial charge is 0.184 e. The zero-order chi connectivity index (χ0) is 20.0. The van der Waals surface area contributed by atoms with E-state index in [1.165, 1.54) is 0 Å². The lowest BCUT2D eigenvalue weighted by atomic mass is 9.47. The third kappa shape index (κ3) is 2.89. The van der Waals surface area contributed by atoms with Crippen molar-refractivity contribution in [1.29, 1.82) is 0 Å². The third-order valence-corrected chi connectivity index (χ3v) is 7.52. The Balaban J connectivity index is 0.00000102. The van der Waals surface area contributed by atoms with Gasteiger partial charge in [-0.2, -0.15) is 0 Å². The van der Waals surface area contributed by atoms with Gasteiger partial charge in [-0.25, -0.2) is 0 Å². The summed E-state index contributed by atoms with van der Waals surface area (Å²) in [4.78, 5) is 24.0. The summed E-state index contributed by atoms with van der Waals surface area (Å²) in [6.07, 6.45) is 10.1. The van der Waals surface area contributed by atoms with Crippen molar-refractivity contribution in [2.75, 3.05) is 6.61 Å². The second-order valence-corrected chi connectivity index (χ2v) is 8.65. The number of carbonyl (C=O) groups excluding carboxylic acids is 2. The molecule has 0 spiro atoms. The van der Waals surface area contributed by atoms with Crippen LogP contribution in [0.1, 0.15) is 53.4 Å². The van der Waals surface area contributed by atoms with Gasteiger partial charge in [0.15, 0.2) is 11.6 Å². The number of hydrogen-bond donors (Lipinski definition) is 2. The molecule has 0 aromatic rings. The number of aliphatic hydroxyl groups is 2. The normalized spacial score (nSPS) is 42.1. The van der Waals surface area contributed by atoms with Crippen molar-refractivity contribution < 1.29 is 19.8 Å². The first-order valence-electron chi connectivity index (χ1n) is 10.3. The van der Waals surface area contributed by atoms with Gasteiger partial charge in [-0.3, -0.25) is 9.59 Å². The largest absolute Gasteiger partial charge is 0.393 e. The quantitative estimate of drug-likeness (QED) is 0.779. The van der Waals surface area contributed by atoms with Crippen LogP contribution in [0.15, 0.2) is 35.5 Å². The SMILES string of the molecule is CC.CC12C=CC(=O)C=C1CCC1C2C(O)CC2(C)C(C(=O)CO)=CCC12. The summed E-state index contributed by atoms with van der Waals surface area (Å²) in [6.45, 7) is 7.76. The molecule has 0 aliphatic heterocycles. The molecule has 6 unspecified atom stereocenters. The number of aliphatic hydroxyl groups excluding tert-OH is 2. The number of carbonyl (C=O) groups is 2. The van der Waals surface area contributed by atoms with Crippen molar-refractivity contribution in [2.45, 2.75) is 59.5 Å². The zero-order valence-electron chi connectivity index (χ0n) is 16.9. The molecule has 2 N–H and O–H groups in total. The highest BCUT2D eigenvalue weighted by molar-refractivity contribution is 6.01. The van der Waals surface area contributed by atoms with Crippen LogP contribution >= 0.6 is 0 Å². The van der Waals surface area contributed by atoms with Crippen LogP contribution in [0, 0.1) is 28.6 Å². The summed E-state index contributed by atoms with van der Waals surface area (Å²) in [7, 11) is 0. The predicted molar refractivity (Wildman–Crippen MR) is 105 cm³/mol. The topological polar surface area (TPSA) is 74.6 Å². The van der Waals surface area contributed by atoms with Crippen LogP contribution < -0.4 is 0 Å². The molecule has 148 valence electrons. The Morgan fingerprint density at radius 1 is 1.30 bits per heavy atom. The molecule has 0 aromatic carbocycles. The van der Waals surface area contributed by atoms with E-state index in [4.69, 9.17) is 0 Å². The molecule has 4 aliphatic rings. The maximum absolute atomic E-state index is 12.2.